The normalized spacial score (nSPS) is 18.0. The van der Waals surface area contributed by atoms with Gasteiger partial charge in [0.15, 0.2) is 0 Å². The molecular formula is C7H12N2. The fourth-order valence-corrected chi connectivity index (χ4v) is 0.860. The van der Waals surface area contributed by atoms with Gasteiger partial charge in [0.25, 0.3) is 0 Å². The van der Waals surface area contributed by atoms with Gasteiger partial charge in [-0.1, -0.05) is 0 Å². The third kappa shape index (κ3) is 1.56. The predicted octanol–water partition coefficient (Wildman–Crippen LogP) is 1.25. The summed E-state index contributed by atoms with van der Waals surface area (Å²) in [5, 5.41) is 0. The Morgan fingerprint density at radius 3 is 3.00 bits per heavy atom. The number of hydrogen-bond donors (Lipinski definition) is 0. The highest BCUT2D eigenvalue weighted by Gasteiger charge is 1.98. The van der Waals surface area contributed by atoms with Crippen molar-refractivity contribution in [2.75, 3.05) is 13.1 Å². The van der Waals surface area contributed by atoms with E-state index in [1.807, 2.05) is 13.1 Å². The number of rotatable bonds is 1. The fraction of sp³-hybridized carbons (Fsp3) is 0.571. The summed E-state index contributed by atoms with van der Waals surface area (Å²) in [5.74, 6) is 0. The largest absolute Gasteiger partial charge is 0.371 e. The van der Waals surface area contributed by atoms with E-state index in [-0.39, 0.29) is 0 Å². The van der Waals surface area contributed by atoms with Gasteiger partial charge in [-0.05, 0) is 13.8 Å². The van der Waals surface area contributed by atoms with Gasteiger partial charge in [0.2, 0.25) is 0 Å². The van der Waals surface area contributed by atoms with Crippen molar-refractivity contribution in [1.29, 1.82) is 0 Å². The maximum Gasteiger partial charge on any atom is 0.0527 e. The Bertz CT molecular complexity index is 147. The molecule has 0 saturated heterocycles. The molecule has 2 heteroatoms. The van der Waals surface area contributed by atoms with E-state index in [2.05, 4.69) is 23.0 Å². The van der Waals surface area contributed by atoms with Gasteiger partial charge < -0.3 is 4.90 Å². The van der Waals surface area contributed by atoms with Crippen LogP contribution in [-0.4, -0.2) is 24.2 Å². The van der Waals surface area contributed by atoms with Crippen molar-refractivity contribution < 1.29 is 0 Å². The van der Waals surface area contributed by atoms with Crippen molar-refractivity contribution in [3.05, 3.63) is 11.9 Å². The Labute approximate surface area is 55.9 Å². The molecule has 0 aromatic rings. The molecule has 0 amide bonds. The van der Waals surface area contributed by atoms with Crippen LogP contribution in [0.4, 0.5) is 0 Å². The third-order valence-electron chi connectivity index (χ3n) is 1.39. The summed E-state index contributed by atoms with van der Waals surface area (Å²) in [6.07, 6.45) is 4.03. The predicted molar refractivity (Wildman–Crippen MR) is 39.5 cm³/mol. The molecule has 9 heavy (non-hydrogen) atoms. The topological polar surface area (TPSA) is 15.6 Å². The molecule has 0 aliphatic carbocycles. The van der Waals surface area contributed by atoms with Crippen LogP contribution in [0.1, 0.15) is 13.8 Å². The summed E-state index contributed by atoms with van der Waals surface area (Å²) in [6.45, 7) is 6.19. The van der Waals surface area contributed by atoms with Crippen molar-refractivity contribution in [2.45, 2.75) is 13.8 Å². The van der Waals surface area contributed by atoms with Crippen LogP contribution in [0.25, 0.3) is 0 Å². The Morgan fingerprint density at radius 2 is 2.56 bits per heavy atom. The van der Waals surface area contributed by atoms with Gasteiger partial charge in [0.05, 0.1) is 12.2 Å². The molecule has 1 heterocycles. The average Bonchev–Trinajstić information content (AvgIpc) is 1.88. The summed E-state index contributed by atoms with van der Waals surface area (Å²) < 4.78 is 0. The summed E-state index contributed by atoms with van der Waals surface area (Å²) >= 11 is 0. The minimum absolute atomic E-state index is 0.966. The van der Waals surface area contributed by atoms with Crippen molar-refractivity contribution in [3.63, 3.8) is 0 Å². The van der Waals surface area contributed by atoms with E-state index in [0.717, 1.165) is 18.8 Å². The Balaban J connectivity index is 2.55. The molecule has 0 N–H and O–H groups in total. The second-order valence-corrected chi connectivity index (χ2v) is 2.17. The standard InChI is InChI=1S/C7H12N2/c1-3-9-5-4-8-7(2)6-9/h4,6H,3,5H2,1-2H3. The Kier molecular flexibility index (Phi) is 1.88. The molecule has 0 radical (unpaired) electrons. The highest BCUT2D eigenvalue weighted by atomic mass is 15.1. The third-order valence-corrected chi connectivity index (χ3v) is 1.39. The van der Waals surface area contributed by atoms with Gasteiger partial charge in [-0.2, -0.15) is 0 Å². The number of nitrogens with zero attached hydrogens (tertiary/aromatic N) is 2. The number of aliphatic imine (C=N–C) groups is 1. The van der Waals surface area contributed by atoms with Crippen LogP contribution >= 0.6 is 0 Å². The molecule has 1 aliphatic heterocycles. The van der Waals surface area contributed by atoms with Crippen LogP contribution in [-0.2, 0) is 0 Å². The fourth-order valence-electron chi connectivity index (χ4n) is 0.860. The molecule has 0 spiro atoms. The van der Waals surface area contributed by atoms with Crippen molar-refractivity contribution in [1.82, 2.24) is 4.90 Å². The molecule has 0 unspecified atom stereocenters. The van der Waals surface area contributed by atoms with Crippen LogP contribution in [0.3, 0.4) is 0 Å². The maximum atomic E-state index is 4.12. The molecule has 0 bridgehead atoms. The van der Waals surface area contributed by atoms with E-state index >= 15 is 0 Å². The van der Waals surface area contributed by atoms with E-state index in [1.54, 1.807) is 0 Å². The van der Waals surface area contributed by atoms with E-state index < -0.39 is 0 Å². The lowest BCUT2D eigenvalue weighted by Crippen LogP contribution is -2.21. The lowest BCUT2D eigenvalue weighted by Gasteiger charge is -2.18. The van der Waals surface area contributed by atoms with Crippen molar-refractivity contribution in [3.8, 4) is 0 Å². The minimum Gasteiger partial charge on any atom is -0.371 e. The Morgan fingerprint density at radius 1 is 1.78 bits per heavy atom. The quantitative estimate of drug-likeness (QED) is 0.513. The first kappa shape index (κ1) is 6.33. The molecule has 0 atom stereocenters. The Hall–Kier alpha value is -0.790. The SMILES string of the molecule is CCN1C=C(C)N=CC1. The van der Waals surface area contributed by atoms with E-state index in [4.69, 9.17) is 0 Å². The molecule has 2 nitrogen and oxygen atoms in total. The second-order valence-electron chi connectivity index (χ2n) is 2.17. The zero-order valence-electron chi connectivity index (χ0n) is 5.96. The molecule has 50 valence electrons. The van der Waals surface area contributed by atoms with Crippen LogP contribution < -0.4 is 0 Å². The average molecular weight is 124 g/mol. The van der Waals surface area contributed by atoms with E-state index in [9.17, 15) is 0 Å². The van der Waals surface area contributed by atoms with Gasteiger partial charge in [0.1, 0.15) is 0 Å². The second kappa shape index (κ2) is 2.67. The van der Waals surface area contributed by atoms with Gasteiger partial charge in [-0.15, -0.1) is 0 Å². The zero-order chi connectivity index (χ0) is 6.69. The van der Waals surface area contributed by atoms with Gasteiger partial charge in [0, 0.05) is 19.0 Å². The lowest BCUT2D eigenvalue weighted by atomic mass is 10.4. The summed E-state index contributed by atoms with van der Waals surface area (Å²) in [5.41, 5.74) is 1.10. The molecule has 0 aromatic heterocycles. The van der Waals surface area contributed by atoms with Crippen LogP contribution in [0.5, 0.6) is 0 Å². The number of allylic oxidation sites excluding steroid dienone is 1. The first-order valence-corrected chi connectivity index (χ1v) is 3.28. The lowest BCUT2D eigenvalue weighted by molar-refractivity contribution is 0.445. The molecule has 0 fully saturated rings. The smallest absolute Gasteiger partial charge is 0.0527 e. The monoisotopic (exact) mass is 124 g/mol. The minimum atomic E-state index is 0.966. The van der Waals surface area contributed by atoms with Crippen molar-refractivity contribution in [2.24, 2.45) is 4.99 Å². The zero-order valence-corrected chi connectivity index (χ0v) is 5.96. The first-order chi connectivity index (χ1) is 4.33. The maximum absolute atomic E-state index is 4.12. The number of hydrogen-bond acceptors (Lipinski definition) is 2. The van der Waals surface area contributed by atoms with Crippen LogP contribution in [0.2, 0.25) is 0 Å². The molecule has 1 aliphatic rings. The summed E-state index contributed by atoms with van der Waals surface area (Å²) in [6, 6.07) is 0. The first-order valence-electron chi connectivity index (χ1n) is 3.28. The van der Waals surface area contributed by atoms with Gasteiger partial charge in [-0.25, -0.2) is 0 Å². The summed E-state index contributed by atoms with van der Waals surface area (Å²) in [4.78, 5) is 6.35. The van der Waals surface area contributed by atoms with Crippen LogP contribution in [0.15, 0.2) is 16.9 Å². The van der Waals surface area contributed by atoms with Gasteiger partial charge in [-0.3, -0.25) is 4.99 Å². The van der Waals surface area contributed by atoms with Crippen LogP contribution in [0, 0.1) is 0 Å². The highest BCUT2D eigenvalue weighted by molar-refractivity contribution is 5.62. The highest BCUT2D eigenvalue weighted by Crippen LogP contribution is 2.01. The van der Waals surface area contributed by atoms with Gasteiger partial charge >= 0.3 is 0 Å². The van der Waals surface area contributed by atoms with Crippen molar-refractivity contribution >= 4 is 6.21 Å². The molecule has 0 saturated carbocycles. The molecular weight excluding hydrogens is 112 g/mol. The molecule has 1 rings (SSSR count). The molecule has 0 aromatic carbocycles. The summed E-state index contributed by atoms with van der Waals surface area (Å²) in [7, 11) is 0. The van der Waals surface area contributed by atoms with E-state index in [1.165, 1.54) is 0 Å². The van der Waals surface area contributed by atoms with E-state index in [0.29, 0.717) is 0 Å².